The third kappa shape index (κ3) is 3.12. The summed E-state index contributed by atoms with van der Waals surface area (Å²) in [6.07, 6.45) is 0. The van der Waals surface area contributed by atoms with Crippen LogP contribution in [0.1, 0.15) is 24.1 Å². The van der Waals surface area contributed by atoms with Crippen LogP contribution in [-0.4, -0.2) is 18.6 Å². The lowest BCUT2D eigenvalue weighted by Crippen LogP contribution is -2.45. The molecule has 0 spiro atoms. The van der Waals surface area contributed by atoms with Gasteiger partial charge < -0.3 is 15.4 Å². The number of hydrogen-bond donors (Lipinski definition) is 2. The zero-order valence-corrected chi connectivity index (χ0v) is 13.4. The molecule has 2 heterocycles. The fourth-order valence-corrected chi connectivity index (χ4v) is 3.20. The second-order valence-electron chi connectivity index (χ2n) is 4.96. The van der Waals surface area contributed by atoms with Gasteiger partial charge in [-0.15, -0.1) is 0 Å². The summed E-state index contributed by atoms with van der Waals surface area (Å²) in [5, 5.41) is 9.38. The Labute approximate surface area is 138 Å². The normalized spacial score (nSPS) is 17.4. The van der Waals surface area contributed by atoms with Crippen molar-refractivity contribution in [2.24, 2.45) is 0 Å². The lowest BCUT2D eigenvalue weighted by Gasteiger charge is -2.28. The van der Waals surface area contributed by atoms with Crippen LogP contribution in [0.3, 0.4) is 0 Å². The molecule has 2 N–H and O–H groups in total. The van der Waals surface area contributed by atoms with Crippen LogP contribution < -0.4 is 10.6 Å². The molecule has 1 aliphatic heterocycles. The van der Waals surface area contributed by atoms with Crippen molar-refractivity contribution in [2.75, 3.05) is 6.61 Å². The van der Waals surface area contributed by atoms with Gasteiger partial charge in [0.1, 0.15) is 0 Å². The minimum Gasteiger partial charge on any atom is -0.463 e. The number of urea groups is 1. The molecule has 0 saturated heterocycles. The Kier molecular flexibility index (Phi) is 4.43. The second-order valence-corrected chi connectivity index (χ2v) is 5.74. The molecule has 1 atom stereocenters. The molecule has 0 aliphatic carbocycles. The first-order chi connectivity index (χ1) is 11.2. The van der Waals surface area contributed by atoms with E-state index < -0.39 is 12.0 Å². The predicted octanol–water partition coefficient (Wildman–Crippen LogP) is 3.08. The molecular weight excluding hydrogens is 312 g/mol. The van der Waals surface area contributed by atoms with Gasteiger partial charge in [0.15, 0.2) is 0 Å². The zero-order chi connectivity index (χ0) is 16.2. The Morgan fingerprint density at radius 3 is 2.70 bits per heavy atom. The van der Waals surface area contributed by atoms with Gasteiger partial charge in [-0.25, -0.2) is 9.59 Å². The molecule has 0 fully saturated rings. The van der Waals surface area contributed by atoms with E-state index in [1.54, 1.807) is 6.92 Å². The largest absolute Gasteiger partial charge is 0.463 e. The highest BCUT2D eigenvalue weighted by Crippen LogP contribution is 2.32. The number of benzene rings is 1. The highest BCUT2D eigenvalue weighted by atomic mass is 32.1. The summed E-state index contributed by atoms with van der Waals surface area (Å²) in [6.45, 7) is 2.03. The number of hydrogen-bond acceptors (Lipinski definition) is 4. The number of ether oxygens (including phenoxy) is 1. The second kappa shape index (κ2) is 6.66. The fourth-order valence-electron chi connectivity index (χ4n) is 2.52. The maximum atomic E-state index is 12.5. The summed E-state index contributed by atoms with van der Waals surface area (Å²) in [6, 6.07) is 10.3. The Balaban J connectivity index is 2.15. The van der Waals surface area contributed by atoms with Gasteiger partial charge in [0.25, 0.3) is 0 Å². The number of amides is 2. The number of carbonyl (C=O) groups is 2. The smallest absolute Gasteiger partial charge is 0.338 e. The molecule has 0 unspecified atom stereocenters. The maximum absolute atomic E-state index is 12.5. The van der Waals surface area contributed by atoms with Crippen LogP contribution in [0.15, 0.2) is 52.7 Å². The van der Waals surface area contributed by atoms with Gasteiger partial charge in [0.05, 0.1) is 23.9 Å². The topological polar surface area (TPSA) is 67.4 Å². The molecule has 23 heavy (non-hydrogen) atoms. The van der Waals surface area contributed by atoms with Gasteiger partial charge in [0.2, 0.25) is 0 Å². The van der Waals surface area contributed by atoms with Gasteiger partial charge >= 0.3 is 12.0 Å². The third-order valence-electron chi connectivity index (χ3n) is 3.51. The van der Waals surface area contributed by atoms with E-state index in [2.05, 4.69) is 10.6 Å². The van der Waals surface area contributed by atoms with Crippen LogP contribution in [0.2, 0.25) is 0 Å². The molecular formula is C17H16N2O3S. The lowest BCUT2D eigenvalue weighted by atomic mass is 9.94. The van der Waals surface area contributed by atoms with Crippen molar-refractivity contribution in [3.63, 3.8) is 0 Å². The molecule has 118 valence electrons. The predicted molar refractivity (Wildman–Crippen MR) is 88.7 cm³/mol. The quantitative estimate of drug-likeness (QED) is 0.848. The van der Waals surface area contributed by atoms with E-state index >= 15 is 0 Å². The van der Waals surface area contributed by atoms with Gasteiger partial charge in [0, 0.05) is 0 Å². The van der Waals surface area contributed by atoms with Crippen molar-refractivity contribution in [1.29, 1.82) is 0 Å². The molecule has 0 saturated carbocycles. The molecule has 2 aromatic rings. The first-order valence-electron chi connectivity index (χ1n) is 7.27. The van der Waals surface area contributed by atoms with Crippen molar-refractivity contribution >= 4 is 29.0 Å². The average molecular weight is 328 g/mol. The number of thiophene rings is 1. The van der Waals surface area contributed by atoms with Crippen LogP contribution in [0.25, 0.3) is 5.70 Å². The molecule has 6 heteroatoms. The minimum atomic E-state index is -0.524. The van der Waals surface area contributed by atoms with E-state index in [-0.39, 0.29) is 12.6 Å². The Morgan fingerprint density at radius 2 is 2.04 bits per heavy atom. The molecule has 0 radical (unpaired) electrons. The van der Waals surface area contributed by atoms with Crippen molar-refractivity contribution in [3.8, 4) is 0 Å². The molecule has 3 rings (SSSR count). The standard InChI is InChI=1S/C17H16N2O3S/c1-2-22-16(20)13-14(11-6-4-3-5-7-11)18-17(21)19-15(13)12-8-9-23-10-12/h3-10,15H,2H2,1H3,(H2,18,19,21)/t15-/m1/s1. The Morgan fingerprint density at radius 1 is 1.26 bits per heavy atom. The monoisotopic (exact) mass is 328 g/mol. The van der Waals surface area contributed by atoms with E-state index in [1.807, 2.05) is 47.2 Å². The van der Waals surface area contributed by atoms with Gasteiger partial charge in [-0.05, 0) is 34.9 Å². The minimum absolute atomic E-state index is 0.273. The Bertz CT molecular complexity index is 738. The van der Waals surface area contributed by atoms with Crippen molar-refractivity contribution < 1.29 is 14.3 Å². The molecule has 1 aromatic heterocycles. The highest BCUT2D eigenvalue weighted by Gasteiger charge is 2.34. The summed E-state index contributed by atoms with van der Waals surface area (Å²) in [5.41, 5.74) is 2.53. The number of rotatable bonds is 4. The molecule has 2 amide bonds. The highest BCUT2D eigenvalue weighted by molar-refractivity contribution is 7.08. The van der Waals surface area contributed by atoms with E-state index in [9.17, 15) is 9.59 Å². The van der Waals surface area contributed by atoms with Crippen molar-refractivity contribution in [3.05, 3.63) is 63.9 Å². The van der Waals surface area contributed by atoms with Crippen molar-refractivity contribution in [1.82, 2.24) is 10.6 Å². The number of nitrogens with one attached hydrogen (secondary N) is 2. The maximum Gasteiger partial charge on any atom is 0.338 e. The molecule has 5 nitrogen and oxygen atoms in total. The zero-order valence-electron chi connectivity index (χ0n) is 12.5. The van der Waals surface area contributed by atoms with E-state index in [0.29, 0.717) is 11.3 Å². The molecule has 0 bridgehead atoms. The summed E-state index contributed by atoms with van der Waals surface area (Å²) < 4.78 is 5.21. The van der Waals surface area contributed by atoms with E-state index in [1.165, 1.54) is 11.3 Å². The molecule has 1 aliphatic rings. The van der Waals surface area contributed by atoms with Crippen LogP contribution >= 0.6 is 11.3 Å². The molecule has 1 aromatic carbocycles. The van der Waals surface area contributed by atoms with Crippen LogP contribution in [0.4, 0.5) is 4.79 Å². The summed E-state index contributed by atoms with van der Waals surface area (Å²) in [5.74, 6) is -0.435. The average Bonchev–Trinajstić information content (AvgIpc) is 3.09. The third-order valence-corrected chi connectivity index (χ3v) is 4.21. The van der Waals surface area contributed by atoms with Gasteiger partial charge in [-0.1, -0.05) is 30.3 Å². The van der Waals surface area contributed by atoms with Crippen LogP contribution in [-0.2, 0) is 9.53 Å². The number of carbonyl (C=O) groups excluding carboxylic acids is 2. The first-order valence-corrected chi connectivity index (χ1v) is 8.21. The van der Waals surface area contributed by atoms with Crippen molar-refractivity contribution in [2.45, 2.75) is 13.0 Å². The van der Waals surface area contributed by atoms with Crippen LogP contribution in [0.5, 0.6) is 0 Å². The lowest BCUT2D eigenvalue weighted by molar-refractivity contribution is -0.138. The van der Waals surface area contributed by atoms with E-state index in [0.717, 1.165) is 11.1 Å². The summed E-state index contributed by atoms with van der Waals surface area (Å²) in [4.78, 5) is 24.6. The SMILES string of the molecule is CCOC(=O)C1=C(c2ccccc2)NC(=O)N[C@@H]1c1ccsc1. The summed E-state index contributed by atoms with van der Waals surface area (Å²) >= 11 is 1.51. The van der Waals surface area contributed by atoms with Crippen LogP contribution in [0, 0.1) is 0 Å². The fraction of sp³-hybridized carbons (Fsp3) is 0.176. The Hall–Kier alpha value is -2.60. The first kappa shape index (κ1) is 15.3. The van der Waals surface area contributed by atoms with Gasteiger partial charge in [-0.3, -0.25) is 0 Å². The van der Waals surface area contributed by atoms with Gasteiger partial charge in [-0.2, -0.15) is 11.3 Å². The van der Waals surface area contributed by atoms with E-state index in [4.69, 9.17) is 4.74 Å². The summed E-state index contributed by atoms with van der Waals surface area (Å²) in [7, 11) is 0. The number of esters is 1.